The quantitative estimate of drug-likeness (QED) is 0.901. The Hall–Kier alpha value is -2.09. The largest absolute Gasteiger partial charge is 0.356 e. The Morgan fingerprint density at radius 2 is 1.57 bits per heavy atom. The maximum absolute atomic E-state index is 11.9. The minimum Gasteiger partial charge on any atom is -0.356 e. The molecular weight excluding hydrogens is 282 g/mol. The minimum atomic E-state index is 0.190. The zero-order valence-corrected chi connectivity index (χ0v) is 13.6. The molecule has 0 heterocycles. The molecule has 3 aliphatic carbocycles. The molecule has 1 amide bonds. The van der Waals surface area contributed by atoms with Crippen LogP contribution in [0.15, 0.2) is 48.5 Å². The summed E-state index contributed by atoms with van der Waals surface area (Å²) in [6, 6.07) is 17.7. The Bertz CT molecular complexity index is 689. The Morgan fingerprint density at radius 1 is 1.00 bits per heavy atom. The van der Waals surface area contributed by atoms with Crippen molar-refractivity contribution in [1.82, 2.24) is 5.32 Å². The van der Waals surface area contributed by atoms with Gasteiger partial charge in [0.1, 0.15) is 0 Å². The van der Waals surface area contributed by atoms with Crippen molar-refractivity contribution in [2.75, 3.05) is 6.54 Å². The SMILES string of the molecule is CCCC(=O)NC[C@@H]1CC2c3ccccc3C1c1ccccc12. The molecule has 0 fully saturated rings. The second-order valence-corrected chi connectivity index (χ2v) is 6.84. The molecule has 2 aromatic carbocycles. The van der Waals surface area contributed by atoms with Crippen molar-refractivity contribution in [1.29, 1.82) is 0 Å². The van der Waals surface area contributed by atoms with Crippen molar-refractivity contribution in [3.63, 3.8) is 0 Å². The summed E-state index contributed by atoms with van der Waals surface area (Å²) >= 11 is 0. The van der Waals surface area contributed by atoms with E-state index in [0.717, 1.165) is 19.4 Å². The highest BCUT2D eigenvalue weighted by Crippen LogP contribution is 2.55. The van der Waals surface area contributed by atoms with Gasteiger partial charge < -0.3 is 5.32 Å². The van der Waals surface area contributed by atoms with Crippen molar-refractivity contribution in [3.8, 4) is 0 Å². The monoisotopic (exact) mass is 305 g/mol. The average Bonchev–Trinajstić information content (AvgIpc) is 2.60. The summed E-state index contributed by atoms with van der Waals surface area (Å²) in [4.78, 5) is 11.9. The molecule has 3 aliphatic rings. The van der Waals surface area contributed by atoms with E-state index in [0.29, 0.717) is 24.2 Å². The standard InChI is InChI=1S/C21H23NO/c1-2-7-20(23)22-13-14-12-19-15-8-3-5-10-17(15)21(14)18-11-6-4-9-16(18)19/h3-6,8-11,14,19,21H,2,7,12-13H2,1H3,(H,22,23)/t14-,19?,21?/m0/s1. The summed E-state index contributed by atoms with van der Waals surface area (Å²) < 4.78 is 0. The van der Waals surface area contributed by atoms with Crippen LogP contribution in [0.25, 0.3) is 0 Å². The topological polar surface area (TPSA) is 29.1 Å². The summed E-state index contributed by atoms with van der Waals surface area (Å²) in [7, 11) is 0. The summed E-state index contributed by atoms with van der Waals surface area (Å²) in [6.45, 7) is 2.84. The van der Waals surface area contributed by atoms with E-state index >= 15 is 0 Å². The number of fused-ring (bicyclic) bond motifs is 1. The first-order valence-electron chi connectivity index (χ1n) is 8.74. The Labute approximate surface area is 137 Å². The molecule has 0 unspecified atom stereocenters. The third-order valence-corrected chi connectivity index (χ3v) is 5.46. The first-order valence-corrected chi connectivity index (χ1v) is 8.74. The van der Waals surface area contributed by atoms with Crippen molar-refractivity contribution < 1.29 is 4.79 Å². The molecule has 2 nitrogen and oxygen atoms in total. The van der Waals surface area contributed by atoms with Gasteiger partial charge in [0, 0.05) is 24.8 Å². The zero-order valence-electron chi connectivity index (χ0n) is 13.6. The lowest BCUT2D eigenvalue weighted by atomic mass is 9.59. The van der Waals surface area contributed by atoms with Crippen LogP contribution in [-0.4, -0.2) is 12.5 Å². The number of carbonyl (C=O) groups is 1. The molecule has 0 radical (unpaired) electrons. The molecule has 0 saturated carbocycles. The van der Waals surface area contributed by atoms with Gasteiger partial charge in [0.25, 0.3) is 0 Å². The van der Waals surface area contributed by atoms with Gasteiger partial charge in [0.05, 0.1) is 0 Å². The van der Waals surface area contributed by atoms with Crippen molar-refractivity contribution in [2.45, 2.75) is 38.0 Å². The van der Waals surface area contributed by atoms with Gasteiger partial charge in [-0.25, -0.2) is 0 Å². The lowest BCUT2D eigenvalue weighted by molar-refractivity contribution is -0.121. The lowest BCUT2D eigenvalue weighted by Crippen LogP contribution is -2.39. The number of hydrogen-bond acceptors (Lipinski definition) is 1. The van der Waals surface area contributed by atoms with Gasteiger partial charge in [0.15, 0.2) is 0 Å². The summed E-state index contributed by atoms with van der Waals surface area (Å²) in [5, 5.41) is 3.16. The predicted octanol–water partition coefficient (Wildman–Crippen LogP) is 4.20. The first-order chi connectivity index (χ1) is 11.3. The molecule has 0 spiro atoms. The van der Waals surface area contributed by atoms with Gasteiger partial charge in [-0.1, -0.05) is 55.5 Å². The van der Waals surface area contributed by atoms with Gasteiger partial charge >= 0.3 is 0 Å². The second-order valence-electron chi connectivity index (χ2n) is 6.84. The van der Waals surface area contributed by atoms with Crippen LogP contribution in [0, 0.1) is 5.92 Å². The highest BCUT2D eigenvalue weighted by molar-refractivity contribution is 5.75. The summed E-state index contributed by atoms with van der Waals surface area (Å²) in [5.41, 5.74) is 5.93. The molecule has 1 atom stereocenters. The van der Waals surface area contributed by atoms with E-state index in [9.17, 15) is 4.79 Å². The second kappa shape index (κ2) is 5.84. The van der Waals surface area contributed by atoms with Gasteiger partial charge in [-0.2, -0.15) is 0 Å². The zero-order chi connectivity index (χ0) is 15.8. The molecular formula is C21H23NO. The molecule has 2 aromatic rings. The van der Waals surface area contributed by atoms with Crippen molar-refractivity contribution >= 4 is 5.91 Å². The van der Waals surface area contributed by atoms with E-state index < -0.39 is 0 Å². The van der Waals surface area contributed by atoms with Crippen LogP contribution in [0.3, 0.4) is 0 Å². The third kappa shape index (κ3) is 2.37. The number of amides is 1. The van der Waals surface area contributed by atoms with Crippen LogP contribution < -0.4 is 5.32 Å². The van der Waals surface area contributed by atoms with E-state index in [1.807, 2.05) is 0 Å². The average molecular weight is 305 g/mol. The van der Waals surface area contributed by atoms with Crippen molar-refractivity contribution in [3.05, 3.63) is 70.8 Å². The fourth-order valence-electron chi connectivity index (χ4n) is 4.52. The third-order valence-electron chi connectivity index (χ3n) is 5.46. The van der Waals surface area contributed by atoms with E-state index in [4.69, 9.17) is 0 Å². The number of nitrogens with one attached hydrogen (secondary N) is 1. The fraction of sp³-hybridized carbons (Fsp3) is 0.381. The first kappa shape index (κ1) is 14.5. The maximum atomic E-state index is 11.9. The minimum absolute atomic E-state index is 0.190. The lowest BCUT2D eigenvalue weighted by Gasteiger charge is -2.45. The van der Waals surface area contributed by atoms with Crippen LogP contribution in [0.4, 0.5) is 0 Å². The van der Waals surface area contributed by atoms with Gasteiger partial charge in [-0.3, -0.25) is 4.79 Å². The van der Waals surface area contributed by atoms with E-state index in [-0.39, 0.29) is 5.91 Å². The van der Waals surface area contributed by atoms with Crippen LogP contribution in [0.2, 0.25) is 0 Å². The molecule has 0 saturated heterocycles. The van der Waals surface area contributed by atoms with Crippen LogP contribution in [0.5, 0.6) is 0 Å². The Kier molecular flexibility index (Phi) is 3.68. The van der Waals surface area contributed by atoms with Gasteiger partial charge in [-0.05, 0) is 41.0 Å². The number of hydrogen-bond donors (Lipinski definition) is 1. The molecule has 1 N–H and O–H groups in total. The highest BCUT2D eigenvalue weighted by atomic mass is 16.1. The number of rotatable bonds is 4. The van der Waals surface area contributed by atoms with Crippen LogP contribution in [-0.2, 0) is 4.79 Å². The van der Waals surface area contributed by atoms with Crippen LogP contribution in [0.1, 0.15) is 60.3 Å². The normalized spacial score (nSPS) is 24.0. The molecule has 0 aliphatic heterocycles. The molecule has 23 heavy (non-hydrogen) atoms. The fourth-order valence-corrected chi connectivity index (χ4v) is 4.52. The molecule has 0 aromatic heterocycles. The van der Waals surface area contributed by atoms with E-state index in [1.165, 1.54) is 22.3 Å². The molecule has 2 heteroatoms. The highest BCUT2D eigenvalue weighted by Gasteiger charge is 2.42. The maximum Gasteiger partial charge on any atom is 0.219 e. The van der Waals surface area contributed by atoms with Gasteiger partial charge in [-0.15, -0.1) is 0 Å². The Balaban J connectivity index is 1.67. The van der Waals surface area contributed by atoms with E-state index in [2.05, 4.69) is 60.8 Å². The number of benzene rings is 2. The Morgan fingerprint density at radius 3 is 2.13 bits per heavy atom. The summed E-state index contributed by atoms with van der Waals surface area (Å²) in [5.74, 6) is 1.61. The van der Waals surface area contributed by atoms with Gasteiger partial charge in [0.2, 0.25) is 5.91 Å². The summed E-state index contributed by atoms with van der Waals surface area (Å²) in [6.07, 6.45) is 2.69. The van der Waals surface area contributed by atoms with Crippen molar-refractivity contribution in [2.24, 2.45) is 5.92 Å². The van der Waals surface area contributed by atoms with Crippen LogP contribution >= 0.6 is 0 Å². The molecule has 2 bridgehead atoms. The molecule has 118 valence electrons. The van der Waals surface area contributed by atoms with E-state index in [1.54, 1.807) is 0 Å². The molecule has 5 rings (SSSR count). The predicted molar refractivity (Wildman–Crippen MR) is 92.6 cm³/mol. The number of carbonyl (C=O) groups excluding carboxylic acids is 1. The smallest absolute Gasteiger partial charge is 0.219 e.